The summed E-state index contributed by atoms with van der Waals surface area (Å²) >= 11 is 5.10. The van der Waals surface area contributed by atoms with Crippen LogP contribution in [0.2, 0.25) is 0 Å². The van der Waals surface area contributed by atoms with E-state index in [-0.39, 0.29) is 0 Å². The van der Waals surface area contributed by atoms with E-state index in [2.05, 4.69) is 15.6 Å². The van der Waals surface area contributed by atoms with Gasteiger partial charge in [-0.3, -0.25) is 4.98 Å². The highest BCUT2D eigenvalue weighted by atomic mass is 32.1. The molecule has 0 aliphatic rings. The lowest BCUT2D eigenvalue weighted by Gasteiger charge is -2.10. The van der Waals surface area contributed by atoms with Gasteiger partial charge >= 0.3 is 0 Å². The highest BCUT2D eigenvalue weighted by Gasteiger charge is 1.99. The summed E-state index contributed by atoms with van der Waals surface area (Å²) in [6.45, 7) is 4.03. The molecule has 0 spiro atoms. The van der Waals surface area contributed by atoms with Crippen LogP contribution in [0.4, 0.5) is 0 Å². The van der Waals surface area contributed by atoms with Crippen molar-refractivity contribution in [1.82, 2.24) is 15.6 Å². The fourth-order valence-corrected chi connectivity index (χ4v) is 1.37. The van der Waals surface area contributed by atoms with Crippen molar-refractivity contribution in [3.63, 3.8) is 0 Å². The number of hydrogen-bond acceptors (Lipinski definition) is 3. The van der Waals surface area contributed by atoms with Gasteiger partial charge in [0, 0.05) is 19.9 Å². The number of aryl methyl sites for hydroxylation is 1. The summed E-state index contributed by atoms with van der Waals surface area (Å²) in [6.07, 6.45) is 1.78. The van der Waals surface area contributed by atoms with Crippen molar-refractivity contribution < 1.29 is 4.74 Å². The molecule has 0 fully saturated rings. The first kappa shape index (κ1) is 12.9. The molecule has 0 saturated heterocycles. The van der Waals surface area contributed by atoms with Crippen LogP contribution in [-0.2, 0) is 11.3 Å². The standard InChI is InChI=1S/C11H17N3OS/c1-9-4-3-5-12-10(9)8-14-11(16)13-6-7-15-2/h3-5H,6-8H2,1-2H3,(H2,13,14,16). The highest BCUT2D eigenvalue weighted by molar-refractivity contribution is 7.80. The molecule has 0 aliphatic carbocycles. The Morgan fingerprint density at radius 3 is 3.00 bits per heavy atom. The fraction of sp³-hybridized carbons (Fsp3) is 0.455. The molecule has 1 rings (SSSR count). The number of nitrogens with zero attached hydrogens (tertiary/aromatic N) is 1. The minimum absolute atomic E-state index is 0.627. The van der Waals surface area contributed by atoms with Crippen LogP contribution in [0.3, 0.4) is 0 Å². The highest BCUT2D eigenvalue weighted by Crippen LogP contribution is 2.01. The Balaban J connectivity index is 2.29. The summed E-state index contributed by atoms with van der Waals surface area (Å²) in [5.41, 5.74) is 2.17. The lowest BCUT2D eigenvalue weighted by atomic mass is 10.2. The van der Waals surface area contributed by atoms with E-state index in [4.69, 9.17) is 17.0 Å². The monoisotopic (exact) mass is 239 g/mol. The topological polar surface area (TPSA) is 46.2 Å². The molecule has 5 heteroatoms. The number of aromatic nitrogens is 1. The Labute approximate surface area is 101 Å². The van der Waals surface area contributed by atoms with Crippen LogP contribution in [0.5, 0.6) is 0 Å². The smallest absolute Gasteiger partial charge is 0.166 e. The zero-order valence-corrected chi connectivity index (χ0v) is 10.4. The second kappa shape index (κ2) is 7.14. The van der Waals surface area contributed by atoms with Crippen LogP contribution in [0, 0.1) is 6.92 Å². The number of nitrogens with one attached hydrogen (secondary N) is 2. The van der Waals surface area contributed by atoms with Crippen molar-refractivity contribution in [2.75, 3.05) is 20.3 Å². The molecule has 2 N–H and O–H groups in total. The summed E-state index contributed by atoms with van der Waals surface area (Å²) in [7, 11) is 1.66. The number of methoxy groups -OCH3 is 1. The average Bonchev–Trinajstić information content (AvgIpc) is 2.28. The normalized spacial score (nSPS) is 9.88. The van der Waals surface area contributed by atoms with Crippen LogP contribution in [0.25, 0.3) is 0 Å². The van der Waals surface area contributed by atoms with E-state index in [1.165, 1.54) is 0 Å². The van der Waals surface area contributed by atoms with E-state index in [0.29, 0.717) is 24.8 Å². The quantitative estimate of drug-likeness (QED) is 0.593. The molecule has 1 aromatic rings. The number of rotatable bonds is 5. The molecule has 0 aliphatic heterocycles. The summed E-state index contributed by atoms with van der Waals surface area (Å²) in [6, 6.07) is 3.96. The van der Waals surface area contributed by atoms with E-state index in [1.54, 1.807) is 13.3 Å². The van der Waals surface area contributed by atoms with Crippen molar-refractivity contribution in [1.29, 1.82) is 0 Å². The number of thiocarbonyl (C=S) groups is 1. The zero-order chi connectivity index (χ0) is 11.8. The fourth-order valence-electron chi connectivity index (χ4n) is 1.20. The predicted octanol–water partition coefficient (Wildman–Crippen LogP) is 1.00. The van der Waals surface area contributed by atoms with Gasteiger partial charge in [-0.05, 0) is 30.8 Å². The number of pyridine rings is 1. The van der Waals surface area contributed by atoms with Crippen molar-refractivity contribution in [3.05, 3.63) is 29.6 Å². The minimum atomic E-state index is 0.627. The molecule has 0 aromatic carbocycles. The Morgan fingerprint density at radius 2 is 2.31 bits per heavy atom. The van der Waals surface area contributed by atoms with Crippen LogP contribution in [0.1, 0.15) is 11.3 Å². The van der Waals surface area contributed by atoms with Gasteiger partial charge in [0.15, 0.2) is 5.11 Å². The summed E-state index contributed by atoms with van der Waals surface area (Å²) in [5.74, 6) is 0. The van der Waals surface area contributed by atoms with Crippen molar-refractivity contribution in [2.24, 2.45) is 0 Å². The third-order valence-electron chi connectivity index (χ3n) is 2.13. The summed E-state index contributed by atoms with van der Waals surface area (Å²) < 4.78 is 4.91. The molecular weight excluding hydrogens is 222 g/mol. The maximum Gasteiger partial charge on any atom is 0.166 e. The van der Waals surface area contributed by atoms with Crippen molar-refractivity contribution >= 4 is 17.3 Å². The lowest BCUT2D eigenvalue weighted by Crippen LogP contribution is -2.36. The Kier molecular flexibility index (Phi) is 5.74. The summed E-state index contributed by atoms with van der Waals surface area (Å²) in [5, 5.41) is 6.77. The van der Waals surface area contributed by atoms with Crippen LogP contribution < -0.4 is 10.6 Å². The van der Waals surface area contributed by atoms with E-state index in [9.17, 15) is 0 Å². The molecule has 0 radical (unpaired) electrons. The Morgan fingerprint density at radius 1 is 1.50 bits per heavy atom. The maximum atomic E-state index is 5.10. The molecule has 88 valence electrons. The third kappa shape index (κ3) is 4.55. The average molecular weight is 239 g/mol. The predicted molar refractivity (Wildman–Crippen MR) is 68.3 cm³/mol. The van der Waals surface area contributed by atoms with Gasteiger partial charge in [-0.2, -0.15) is 0 Å². The molecule has 0 saturated carbocycles. The van der Waals surface area contributed by atoms with Crippen LogP contribution in [0.15, 0.2) is 18.3 Å². The Hall–Kier alpha value is -1.20. The molecule has 0 bridgehead atoms. The van der Waals surface area contributed by atoms with Crippen LogP contribution in [-0.4, -0.2) is 30.4 Å². The third-order valence-corrected chi connectivity index (χ3v) is 2.41. The molecule has 1 heterocycles. The van der Waals surface area contributed by atoms with E-state index in [0.717, 1.165) is 11.3 Å². The number of hydrogen-bond donors (Lipinski definition) is 2. The molecule has 0 amide bonds. The van der Waals surface area contributed by atoms with E-state index in [1.807, 2.05) is 19.1 Å². The second-order valence-corrected chi connectivity index (χ2v) is 3.78. The lowest BCUT2D eigenvalue weighted by molar-refractivity contribution is 0.204. The van der Waals surface area contributed by atoms with Gasteiger partial charge < -0.3 is 15.4 Å². The first-order chi connectivity index (χ1) is 7.74. The largest absolute Gasteiger partial charge is 0.383 e. The summed E-state index contributed by atoms with van der Waals surface area (Å²) in [4.78, 5) is 4.27. The van der Waals surface area contributed by atoms with E-state index < -0.39 is 0 Å². The first-order valence-corrected chi connectivity index (χ1v) is 5.56. The van der Waals surface area contributed by atoms with Gasteiger partial charge in [0.1, 0.15) is 0 Å². The van der Waals surface area contributed by atoms with Gasteiger partial charge in [0.2, 0.25) is 0 Å². The maximum absolute atomic E-state index is 5.10. The van der Waals surface area contributed by atoms with E-state index >= 15 is 0 Å². The molecule has 0 unspecified atom stereocenters. The second-order valence-electron chi connectivity index (χ2n) is 3.37. The van der Waals surface area contributed by atoms with Gasteiger partial charge in [0.25, 0.3) is 0 Å². The van der Waals surface area contributed by atoms with Gasteiger partial charge in [-0.15, -0.1) is 0 Å². The van der Waals surface area contributed by atoms with Gasteiger partial charge in [-0.25, -0.2) is 0 Å². The zero-order valence-electron chi connectivity index (χ0n) is 9.62. The van der Waals surface area contributed by atoms with Crippen LogP contribution >= 0.6 is 12.2 Å². The number of ether oxygens (including phenoxy) is 1. The van der Waals surface area contributed by atoms with Gasteiger partial charge in [0.05, 0.1) is 18.8 Å². The Bertz CT molecular complexity index is 344. The molecule has 1 aromatic heterocycles. The SMILES string of the molecule is COCCNC(=S)NCc1ncccc1C. The minimum Gasteiger partial charge on any atom is -0.383 e. The van der Waals surface area contributed by atoms with Crippen molar-refractivity contribution in [3.8, 4) is 0 Å². The first-order valence-electron chi connectivity index (χ1n) is 5.15. The molecule has 4 nitrogen and oxygen atoms in total. The van der Waals surface area contributed by atoms with Crippen molar-refractivity contribution in [2.45, 2.75) is 13.5 Å². The molecule has 0 atom stereocenters. The molecule has 16 heavy (non-hydrogen) atoms. The van der Waals surface area contributed by atoms with Gasteiger partial charge in [-0.1, -0.05) is 6.07 Å². The molecular formula is C11H17N3OS.